The van der Waals surface area contributed by atoms with E-state index < -0.39 is 6.04 Å². The summed E-state index contributed by atoms with van der Waals surface area (Å²) in [5.41, 5.74) is 7.95. The van der Waals surface area contributed by atoms with Gasteiger partial charge in [-0.1, -0.05) is 31.5 Å². The van der Waals surface area contributed by atoms with Gasteiger partial charge in [0.05, 0.1) is 6.04 Å². The number of amides is 1. The van der Waals surface area contributed by atoms with Crippen LogP contribution in [0.5, 0.6) is 0 Å². The van der Waals surface area contributed by atoms with Gasteiger partial charge in [-0.05, 0) is 36.5 Å². The second kappa shape index (κ2) is 5.29. The minimum atomic E-state index is -0.421. The molecule has 1 aromatic carbocycles. The quantitative estimate of drug-likeness (QED) is 0.914. The largest absolute Gasteiger partial charge is 0.320 e. The van der Waals surface area contributed by atoms with Gasteiger partial charge in [0.15, 0.2) is 0 Å². The van der Waals surface area contributed by atoms with Gasteiger partial charge in [0.2, 0.25) is 5.91 Å². The molecule has 98 valence electrons. The van der Waals surface area contributed by atoms with Gasteiger partial charge in [-0.15, -0.1) is 0 Å². The Morgan fingerprint density at radius 1 is 1.50 bits per heavy atom. The Labute approximate surface area is 113 Å². The minimum absolute atomic E-state index is 0.00437. The molecular formula is C14H19ClN2O. The summed E-state index contributed by atoms with van der Waals surface area (Å²) < 4.78 is 0. The first kappa shape index (κ1) is 13.4. The number of nitrogens with two attached hydrogens (primary N) is 1. The highest BCUT2D eigenvalue weighted by atomic mass is 35.5. The van der Waals surface area contributed by atoms with E-state index in [9.17, 15) is 4.79 Å². The Morgan fingerprint density at radius 2 is 2.22 bits per heavy atom. The van der Waals surface area contributed by atoms with Crippen LogP contribution >= 0.6 is 11.6 Å². The zero-order valence-corrected chi connectivity index (χ0v) is 11.6. The van der Waals surface area contributed by atoms with Gasteiger partial charge >= 0.3 is 0 Å². The molecule has 0 bridgehead atoms. The van der Waals surface area contributed by atoms with E-state index in [0.717, 1.165) is 22.7 Å². The zero-order chi connectivity index (χ0) is 13.3. The molecule has 1 aliphatic rings. The summed E-state index contributed by atoms with van der Waals surface area (Å²) in [4.78, 5) is 14.1. The number of nitrogens with zero attached hydrogens (tertiary/aromatic N) is 1. The predicted octanol–water partition coefficient (Wildman–Crippen LogP) is 2.60. The lowest BCUT2D eigenvalue weighted by Gasteiger charge is -2.22. The van der Waals surface area contributed by atoms with Gasteiger partial charge in [-0.3, -0.25) is 4.79 Å². The number of hydrogen-bond donors (Lipinski definition) is 1. The maximum Gasteiger partial charge on any atom is 0.243 e. The van der Waals surface area contributed by atoms with Gasteiger partial charge < -0.3 is 10.6 Å². The number of fused-ring (bicyclic) bond motifs is 1. The van der Waals surface area contributed by atoms with Crippen LogP contribution in [0.3, 0.4) is 0 Å². The first-order valence-corrected chi connectivity index (χ1v) is 6.73. The zero-order valence-electron chi connectivity index (χ0n) is 10.8. The molecule has 1 atom stereocenters. The van der Waals surface area contributed by atoms with Crippen molar-refractivity contribution in [2.45, 2.75) is 32.7 Å². The fourth-order valence-corrected chi connectivity index (χ4v) is 2.69. The molecule has 0 unspecified atom stereocenters. The van der Waals surface area contributed by atoms with Crippen LogP contribution in [-0.4, -0.2) is 18.5 Å². The molecule has 0 spiro atoms. The highest BCUT2D eigenvalue weighted by Gasteiger charge is 2.29. The summed E-state index contributed by atoms with van der Waals surface area (Å²) in [6.07, 6.45) is 1.53. The normalized spacial score (nSPS) is 15.9. The van der Waals surface area contributed by atoms with Gasteiger partial charge in [0.25, 0.3) is 0 Å². The van der Waals surface area contributed by atoms with Crippen molar-refractivity contribution in [2.75, 3.05) is 11.4 Å². The molecule has 1 amide bonds. The number of halogens is 1. The third-order valence-corrected chi connectivity index (χ3v) is 3.63. The molecule has 2 rings (SSSR count). The monoisotopic (exact) mass is 266 g/mol. The van der Waals surface area contributed by atoms with Gasteiger partial charge in [0, 0.05) is 17.3 Å². The first-order valence-electron chi connectivity index (χ1n) is 6.35. The summed E-state index contributed by atoms with van der Waals surface area (Å²) in [7, 11) is 0. The molecular weight excluding hydrogens is 248 g/mol. The van der Waals surface area contributed by atoms with Crippen LogP contribution in [-0.2, 0) is 11.2 Å². The summed E-state index contributed by atoms with van der Waals surface area (Å²) >= 11 is 6.13. The number of hydrogen-bond acceptors (Lipinski definition) is 2. The van der Waals surface area contributed by atoms with Crippen molar-refractivity contribution in [3.8, 4) is 0 Å². The molecule has 1 aliphatic heterocycles. The van der Waals surface area contributed by atoms with Crippen LogP contribution < -0.4 is 10.6 Å². The van der Waals surface area contributed by atoms with Crippen LogP contribution in [0, 0.1) is 5.92 Å². The Balaban J connectivity index is 2.18. The van der Waals surface area contributed by atoms with Gasteiger partial charge in [0.1, 0.15) is 0 Å². The average Bonchev–Trinajstić information content (AvgIpc) is 2.72. The molecule has 1 aromatic rings. The van der Waals surface area contributed by atoms with Crippen molar-refractivity contribution in [2.24, 2.45) is 11.7 Å². The maximum atomic E-state index is 12.3. The van der Waals surface area contributed by atoms with E-state index in [-0.39, 0.29) is 5.91 Å². The lowest BCUT2D eigenvalue weighted by Crippen LogP contribution is -2.43. The average molecular weight is 267 g/mol. The molecule has 0 radical (unpaired) electrons. The fraction of sp³-hybridized carbons (Fsp3) is 0.500. The molecule has 4 heteroatoms. The summed E-state index contributed by atoms with van der Waals surface area (Å²) in [6, 6.07) is 5.26. The number of benzene rings is 1. The van der Waals surface area contributed by atoms with Crippen molar-refractivity contribution >= 4 is 23.2 Å². The Bertz CT molecular complexity index is 459. The molecule has 1 heterocycles. The van der Waals surface area contributed by atoms with Crippen LogP contribution in [0.4, 0.5) is 5.69 Å². The number of carbonyl (C=O) groups excluding carboxylic acids is 1. The third kappa shape index (κ3) is 2.52. The van der Waals surface area contributed by atoms with Crippen LogP contribution in [0.1, 0.15) is 25.8 Å². The SMILES string of the molecule is CC(C)C[C@H](N)C(=O)N1CCc2c(Cl)cccc21. The van der Waals surface area contributed by atoms with Crippen molar-refractivity contribution in [3.05, 3.63) is 28.8 Å². The smallest absolute Gasteiger partial charge is 0.243 e. The molecule has 18 heavy (non-hydrogen) atoms. The topological polar surface area (TPSA) is 46.3 Å². The van der Waals surface area contributed by atoms with Crippen LogP contribution in [0.15, 0.2) is 18.2 Å². The van der Waals surface area contributed by atoms with E-state index in [2.05, 4.69) is 13.8 Å². The Hall–Kier alpha value is -1.06. The number of rotatable bonds is 3. The second-order valence-electron chi connectivity index (χ2n) is 5.21. The van der Waals surface area contributed by atoms with E-state index in [1.165, 1.54) is 0 Å². The first-order chi connectivity index (χ1) is 8.50. The van der Waals surface area contributed by atoms with Crippen LogP contribution in [0.25, 0.3) is 0 Å². The molecule has 0 aliphatic carbocycles. The fourth-order valence-electron chi connectivity index (χ4n) is 2.43. The Morgan fingerprint density at radius 3 is 2.89 bits per heavy atom. The maximum absolute atomic E-state index is 12.3. The van der Waals surface area contributed by atoms with E-state index in [1.54, 1.807) is 4.90 Å². The highest BCUT2D eigenvalue weighted by molar-refractivity contribution is 6.32. The number of carbonyl (C=O) groups is 1. The summed E-state index contributed by atoms with van der Waals surface area (Å²) in [5, 5.41) is 0.736. The molecule has 0 aromatic heterocycles. The Kier molecular flexibility index (Phi) is 3.93. The van der Waals surface area contributed by atoms with Crippen molar-refractivity contribution in [1.82, 2.24) is 0 Å². The molecule has 0 fully saturated rings. The summed E-state index contributed by atoms with van der Waals surface area (Å²) in [5.74, 6) is 0.426. The minimum Gasteiger partial charge on any atom is -0.320 e. The van der Waals surface area contributed by atoms with E-state index >= 15 is 0 Å². The molecule has 0 saturated heterocycles. The molecule has 3 nitrogen and oxygen atoms in total. The van der Waals surface area contributed by atoms with Gasteiger partial charge in [-0.2, -0.15) is 0 Å². The molecule has 0 saturated carbocycles. The highest BCUT2D eigenvalue weighted by Crippen LogP contribution is 2.33. The van der Waals surface area contributed by atoms with Gasteiger partial charge in [-0.25, -0.2) is 0 Å². The molecule has 2 N–H and O–H groups in total. The van der Waals surface area contributed by atoms with E-state index in [1.807, 2.05) is 18.2 Å². The van der Waals surface area contributed by atoms with Crippen molar-refractivity contribution in [1.29, 1.82) is 0 Å². The van der Waals surface area contributed by atoms with E-state index in [0.29, 0.717) is 18.9 Å². The predicted molar refractivity (Wildman–Crippen MR) is 74.9 cm³/mol. The van der Waals surface area contributed by atoms with Crippen molar-refractivity contribution < 1.29 is 4.79 Å². The lowest BCUT2D eigenvalue weighted by atomic mass is 10.0. The van der Waals surface area contributed by atoms with E-state index in [4.69, 9.17) is 17.3 Å². The van der Waals surface area contributed by atoms with Crippen molar-refractivity contribution in [3.63, 3.8) is 0 Å². The second-order valence-corrected chi connectivity index (χ2v) is 5.62. The summed E-state index contributed by atoms with van der Waals surface area (Å²) in [6.45, 7) is 4.83. The lowest BCUT2D eigenvalue weighted by molar-refractivity contribution is -0.120. The third-order valence-electron chi connectivity index (χ3n) is 3.28. The van der Waals surface area contributed by atoms with Crippen LogP contribution in [0.2, 0.25) is 5.02 Å². The number of anilines is 1. The standard InChI is InChI=1S/C14H19ClN2O/c1-9(2)8-12(16)14(18)17-7-6-10-11(15)4-3-5-13(10)17/h3-5,9,12H,6-8,16H2,1-2H3/t12-/m0/s1.